The smallest absolute Gasteiger partial charge is 0.320 e. The largest absolute Gasteiger partial charge is 0.463 e. The summed E-state index contributed by atoms with van der Waals surface area (Å²) in [5.41, 5.74) is 15.4. The molecule has 234 valence electrons. The van der Waals surface area contributed by atoms with E-state index >= 15 is 0 Å². The Balaban J connectivity index is 1.20. The van der Waals surface area contributed by atoms with Crippen LogP contribution in [0.4, 0.5) is 22.5 Å². The van der Waals surface area contributed by atoms with Crippen molar-refractivity contribution in [3.05, 3.63) is 45.5 Å². The molecule has 0 aromatic carbocycles. The Kier molecular flexibility index (Phi) is 7.64. The van der Waals surface area contributed by atoms with Crippen molar-refractivity contribution in [3.8, 4) is 18.1 Å². The average molecular weight is 645 g/mol. The standard InChI is InChI=1S/C31H36N10O2S2/c1-19(20-4-3-7-36-25(20)34)39(2)27-22(13-33)28(41-16-31(17-41)24-21(12-32)26(35)45-23(24)14-44-31)38-29(37-27)43-18-30(5-6-30)15-40-8-10-42-11-9-40/h3-4,7,19H,5-6,8-11,14-18,35H2,1-2H3,(H2,34,36)/t19-/m1/s1. The van der Waals surface area contributed by atoms with Gasteiger partial charge in [-0.3, -0.25) is 4.90 Å². The van der Waals surface area contributed by atoms with Gasteiger partial charge in [-0.1, -0.05) is 6.07 Å². The molecule has 3 aliphatic heterocycles. The van der Waals surface area contributed by atoms with Crippen LogP contribution in [0.15, 0.2) is 18.3 Å². The molecule has 0 radical (unpaired) electrons. The molecule has 45 heavy (non-hydrogen) atoms. The van der Waals surface area contributed by atoms with Crippen molar-refractivity contribution in [3.63, 3.8) is 0 Å². The second kappa shape index (κ2) is 11.5. The molecule has 3 aromatic heterocycles. The Hall–Kier alpha value is -3.82. The minimum atomic E-state index is -0.257. The Morgan fingerprint density at radius 3 is 2.60 bits per heavy atom. The highest BCUT2D eigenvalue weighted by Crippen LogP contribution is 2.58. The van der Waals surface area contributed by atoms with E-state index in [9.17, 15) is 10.5 Å². The lowest BCUT2D eigenvalue weighted by Crippen LogP contribution is -2.57. The molecule has 2 saturated heterocycles. The number of aromatic nitrogens is 3. The van der Waals surface area contributed by atoms with Gasteiger partial charge in [-0.25, -0.2) is 4.98 Å². The molecule has 4 N–H and O–H groups in total. The summed E-state index contributed by atoms with van der Waals surface area (Å²) in [5.74, 6) is 2.27. The SMILES string of the molecule is C[C@H](c1cccnc1N)N(C)c1nc(OCC2(CN3CCOCC3)CC2)nc(N2CC3(C2)SCc2sc(N)c(C#N)c23)c1C#N. The van der Waals surface area contributed by atoms with Crippen LogP contribution < -0.4 is 26.0 Å². The number of nitrogen functional groups attached to an aromatic ring is 2. The van der Waals surface area contributed by atoms with Gasteiger partial charge in [-0.2, -0.15) is 20.5 Å². The predicted molar refractivity (Wildman–Crippen MR) is 175 cm³/mol. The fraction of sp³-hybridized carbons (Fsp3) is 0.516. The Labute approximate surface area is 270 Å². The van der Waals surface area contributed by atoms with Gasteiger partial charge in [-0.15, -0.1) is 23.1 Å². The first-order valence-electron chi connectivity index (χ1n) is 15.2. The van der Waals surface area contributed by atoms with Crippen LogP contribution in [0.3, 0.4) is 0 Å². The number of thiophene rings is 1. The van der Waals surface area contributed by atoms with Crippen molar-refractivity contribution in [2.24, 2.45) is 5.41 Å². The zero-order valence-electron chi connectivity index (χ0n) is 25.5. The maximum Gasteiger partial charge on any atom is 0.320 e. The summed E-state index contributed by atoms with van der Waals surface area (Å²) in [6, 6.07) is 8.55. The van der Waals surface area contributed by atoms with Crippen LogP contribution in [0.1, 0.15) is 52.9 Å². The monoisotopic (exact) mass is 644 g/mol. The Morgan fingerprint density at radius 1 is 1.16 bits per heavy atom. The molecule has 14 heteroatoms. The molecular weight excluding hydrogens is 609 g/mol. The molecule has 1 atom stereocenters. The number of hydrogen-bond acceptors (Lipinski definition) is 14. The van der Waals surface area contributed by atoms with Gasteiger partial charge in [0.15, 0.2) is 11.6 Å². The predicted octanol–water partition coefficient (Wildman–Crippen LogP) is 3.49. The zero-order valence-corrected chi connectivity index (χ0v) is 27.1. The molecule has 4 aliphatic rings. The van der Waals surface area contributed by atoms with E-state index in [1.54, 1.807) is 6.20 Å². The molecule has 0 bridgehead atoms. The van der Waals surface area contributed by atoms with Gasteiger partial charge in [0.2, 0.25) is 0 Å². The molecule has 1 spiro atoms. The number of nitrogens with zero attached hydrogens (tertiary/aromatic N) is 8. The second-order valence-corrected chi connectivity index (χ2v) is 15.0. The number of thioether (sulfide) groups is 1. The number of hydrogen-bond donors (Lipinski definition) is 2. The summed E-state index contributed by atoms with van der Waals surface area (Å²) >= 11 is 3.34. The van der Waals surface area contributed by atoms with Gasteiger partial charge in [0.1, 0.15) is 28.5 Å². The van der Waals surface area contributed by atoms with Crippen LogP contribution in [0.5, 0.6) is 6.01 Å². The second-order valence-electron chi connectivity index (χ2n) is 12.5. The third-order valence-corrected chi connectivity index (χ3v) is 12.2. The van der Waals surface area contributed by atoms with Gasteiger partial charge in [-0.05, 0) is 25.8 Å². The van der Waals surface area contributed by atoms with E-state index in [-0.39, 0.29) is 22.2 Å². The molecular formula is C31H36N10O2S2. The van der Waals surface area contributed by atoms with E-state index in [0.717, 1.165) is 62.6 Å². The quantitative estimate of drug-likeness (QED) is 0.348. The summed E-state index contributed by atoms with van der Waals surface area (Å²) in [5, 5.41) is 21.0. The maximum absolute atomic E-state index is 10.5. The van der Waals surface area contributed by atoms with Crippen molar-refractivity contribution in [1.29, 1.82) is 10.5 Å². The van der Waals surface area contributed by atoms with Crippen LogP contribution in [-0.2, 0) is 15.2 Å². The maximum atomic E-state index is 10.5. The molecule has 1 aliphatic carbocycles. The van der Waals surface area contributed by atoms with Crippen LogP contribution >= 0.6 is 23.1 Å². The van der Waals surface area contributed by atoms with Crippen molar-refractivity contribution < 1.29 is 9.47 Å². The summed E-state index contributed by atoms with van der Waals surface area (Å²) in [6.07, 6.45) is 3.85. The lowest BCUT2D eigenvalue weighted by molar-refractivity contribution is 0.0231. The minimum absolute atomic E-state index is 0.0720. The third-order valence-electron chi connectivity index (χ3n) is 9.57. The van der Waals surface area contributed by atoms with Gasteiger partial charge in [0, 0.05) is 73.1 Å². The van der Waals surface area contributed by atoms with Crippen LogP contribution in [0.25, 0.3) is 0 Å². The van der Waals surface area contributed by atoms with E-state index in [1.807, 2.05) is 42.8 Å². The molecule has 12 nitrogen and oxygen atoms in total. The normalized spacial score (nSPS) is 20.1. The van der Waals surface area contributed by atoms with Gasteiger partial charge in [0.25, 0.3) is 0 Å². The van der Waals surface area contributed by atoms with E-state index in [4.69, 9.17) is 30.9 Å². The number of fused-ring (bicyclic) bond motifs is 2. The molecule has 3 aromatic rings. The van der Waals surface area contributed by atoms with E-state index < -0.39 is 0 Å². The summed E-state index contributed by atoms with van der Waals surface area (Å²) in [7, 11) is 1.90. The highest BCUT2D eigenvalue weighted by molar-refractivity contribution is 8.00. The van der Waals surface area contributed by atoms with Crippen molar-refractivity contribution in [2.45, 2.75) is 36.3 Å². The number of pyridine rings is 1. The highest BCUT2D eigenvalue weighted by atomic mass is 32.2. The Morgan fingerprint density at radius 2 is 1.91 bits per heavy atom. The first kappa shape index (κ1) is 29.9. The van der Waals surface area contributed by atoms with Crippen LogP contribution in [0.2, 0.25) is 0 Å². The van der Waals surface area contributed by atoms with Gasteiger partial charge in [0.05, 0.1) is 36.2 Å². The van der Waals surface area contributed by atoms with Gasteiger partial charge >= 0.3 is 6.01 Å². The number of nitriles is 2. The summed E-state index contributed by atoms with van der Waals surface area (Å²) < 4.78 is 11.7. The van der Waals surface area contributed by atoms with Crippen molar-refractivity contribution in [1.82, 2.24) is 19.9 Å². The third kappa shape index (κ3) is 5.29. The Bertz CT molecular complexity index is 1700. The first-order valence-corrected chi connectivity index (χ1v) is 17.0. The molecule has 6 heterocycles. The highest BCUT2D eigenvalue weighted by Gasteiger charge is 2.53. The summed E-state index contributed by atoms with van der Waals surface area (Å²) in [4.78, 5) is 21.6. The minimum Gasteiger partial charge on any atom is -0.463 e. The summed E-state index contributed by atoms with van der Waals surface area (Å²) in [6.45, 7) is 8.09. The average Bonchev–Trinajstić information content (AvgIpc) is 3.58. The van der Waals surface area contributed by atoms with Crippen molar-refractivity contribution in [2.75, 3.05) is 80.9 Å². The zero-order chi connectivity index (χ0) is 31.3. The molecule has 0 unspecified atom stereocenters. The van der Waals surface area contributed by atoms with Crippen molar-refractivity contribution >= 4 is 45.6 Å². The van der Waals surface area contributed by atoms with E-state index in [2.05, 4.69) is 26.9 Å². The number of ether oxygens (including phenoxy) is 2. The fourth-order valence-corrected chi connectivity index (χ4v) is 9.46. The number of rotatable bonds is 9. The van der Waals surface area contributed by atoms with Crippen LogP contribution in [-0.4, -0.2) is 79.4 Å². The van der Waals surface area contributed by atoms with E-state index in [0.29, 0.717) is 53.3 Å². The topological polar surface area (TPSA) is 166 Å². The lowest BCUT2D eigenvalue weighted by atomic mass is 9.88. The first-order chi connectivity index (χ1) is 21.8. The molecule has 7 rings (SSSR count). The molecule has 1 saturated carbocycles. The van der Waals surface area contributed by atoms with E-state index in [1.165, 1.54) is 16.2 Å². The van der Waals surface area contributed by atoms with Gasteiger partial charge < -0.3 is 30.7 Å². The number of anilines is 4. The molecule has 0 amide bonds. The number of morpholine rings is 1. The molecule has 3 fully saturated rings. The lowest BCUT2D eigenvalue weighted by Gasteiger charge is -2.48. The fourth-order valence-electron chi connectivity index (χ4n) is 6.66. The number of nitrogens with two attached hydrogens (primary N) is 2. The van der Waals surface area contributed by atoms with Crippen LogP contribution in [0, 0.1) is 28.1 Å².